The molecule has 2 aliphatic rings. The summed E-state index contributed by atoms with van der Waals surface area (Å²) >= 11 is 0. The Kier molecular flexibility index (Phi) is 10.2. The summed E-state index contributed by atoms with van der Waals surface area (Å²) in [4.78, 5) is 24.4. The zero-order valence-electron chi connectivity index (χ0n) is 20.6. The molecule has 4 N–H and O–H groups in total. The summed E-state index contributed by atoms with van der Waals surface area (Å²) in [5, 5.41) is 19.4. The smallest absolute Gasteiger partial charge is 0.244 e. The maximum absolute atomic E-state index is 12.2. The van der Waals surface area contributed by atoms with Crippen LogP contribution in [0.1, 0.15) is 30.4 Å². The lowest BCUT2D eigenvalue weighted by atomic mass is 10.1. The van der Waals surface area contributed by atoms with Crippen LogP contribution in [0.3, 0.4) is 0 Å². The molecular weight excluding hydrogens is 462 g/mol. The molecule has 2 aliphatic heterocycles. The van der Waals surface area contributed by atoms with E-state index < -0.39 is 0 Å². The molecule has 36 heavy (non-hydrogen) atoms. The van der Waals surface area contributed by atoms with Gasteiger partial charge in [0, 0.05) is 30.8 Å². The molecule has 0 saturated heterocycles. The molecule has 4 rings (SSSR count). The molecule has 4 bridgehead atoms. The van der Waals surface area contributed by atoms with Crippen LogP contribution in [0.5, 0.6) is 28.7 Å². The Balaban J connectivity index is 1.90. The van der Waals surface area contributed by atoms with Gasteiger partial charge in [-0.2, -0.15) is 0 Å². The number of rotatable bonds is 2. The molecule has 0 unspecified atom stereocenters. The second-order valence-corrected chi connectivity index (χ2v) is 8.11. The number of ether oxygens (including phenoxy) is 3. The van der Waals surface area contributed by atoms with Crippen LogP contribution in [0, 0.1) is 0 Å². The van der Waals surface area contributed by atoms with Crippen molar-refractivity contribution >= 4 is 24.0 Å². The van der Waals surface area contributed by atoms with Gasteiger partial charge in [0.15, 0.2) is 23.0 Å². The topological polar surface area (TPSA) is 118 Å². The third kappa shape index (κ3) is 7.78. The van der Waals surface area contributed by atoms with Crippen molar-refractivity contribution in [3.05, 3.63) is 53.6 Å². The zero-order valence-corrected chi connectivity index (χ0v) is 20.6. The zero-order chi connectivity index (χ0) is 25.8. The summed E-state index contributed by atoms with van der Waals surface area (Å²) in [6, 6.07) is 8.18. The molecule has 9 heteroatoms. The molecule has 0 aromatic heterocycles. The fraction of sp³-hybridized carbons (Fsp3) is 0.333. The Labute approximate surface area is 211 Å². The minimum absolute atomic E-state index is 0.0767. The van der Waals surface area contributed by atoms with Crippen LogP contribution in [0.25, 0.3) is 12.2 Å². The predicted octanol–water partition coefficient (Wildman–Crippen LogP) is 3.23. The predicted molar refractivity (Wildman–Crippen MR) is 139 cm³/mol. The number of phenols is 1. The molecule has 0 saturated carbocycles. The third-order valence-corrected chi connectivity index (χ3v) is 5.47. The van der Waals surface area contributed by atoms with Gasteiger partial charge >= 0.3 is 0 Å². The van der Waals surface area contributed by atoms with Crippen LogP contribution in [-0.4, -0.2) is 57.3 Å². The highest BCUT2D eigenvalue weighted by Crippen LogP contribution is 2.44. The summed E-state index contributed by atoms with van der Waals surface area (Å²) in [7, 11) is 2.97. The van der Waals surface area contributed by atoms with E-state index in [1.807, 2.05) is 0 Å². The van der Waals surface area contributed by atoms with Crippen LogP contribution in [0.15, 0.2) is 42.5 Å². The van der Waals surface area contributed by atoms with Gasteiger partial charge in [0.25, 0.3) is 0 Å². The monoisotopic (exact) mass is 495 g/mol. The largest absolute Gasteiger partial charge is 0.504 e. The summed E-state index contributed by atoms with van der Waals surface area (Å²) in [5.74, 6) is 0.699. The maximum Gasteiger partial charge on any atom is 0.244 e. The van der Waals surface area contributed by atoms with Gasteiger partial charge in [-0.3, -0.25) is 9.59 Å². The van der Waals surface area contributed by atoms with E-state index in [-0.39, 0.29) is 23.3 Å². The molecule has 2 aromatic carbocycles. The first-order valence-electron chi connectivity index (χ1n) is 11.9. The van der Waals surface area contributed by atoms with Crippen LogP contribution in [-0.2, 0) is 9.59 Å². The number of benzene rings is 2. The van der Waals surface area contributed by atoms with E-state index in [4.69, 9.17) is 14.2 Å². The number of nitrogens with one attached hydrogen (secondary N) is 3. The minimum Gasteiger partial charge on any atom is -0.504 e. The van der Waals surface area contributed by atoms with Crippen molar-refractivity contribution in [3.8, 4) is 28.7 Å². The van der Waals surface area contributed by atoms with Crippen molar-refractivity contribution in [2.75, 3.05) is 40.4 Å². The number of phenolic OH excluding ortho intramolecular Hbond substituents is 1. The number of hydrogen-bond acceptors (Lipinski definition) is 7. The first-order chi connectivity index (χ1) is 17.5. The number of aromatic hydroxyl groups is 1. The quantitative estimate of drug-likeness (QED) is 0.505. The summed E-state index contributed by atoms with van der Waals surface area (Å²) in [6.07, 6.45) is 8.78. The molecule has 0 radical (unpaired) electrons. The Morgan fingerprint density at radius 2 is 1.42 bits per heavy atom. The van der Waals surface area contributed by atoms with Crippen molar-refractivity contribution < 1.29 is 28.9 Å². The molecular formula is C27H33N3O6. The fourth-order valence-corrected chi connectivity index (χ4v) is 3.60. The summed E-state index contributed by atoms with van der Waals surface area (Å²) in [6.45, 7) is 2.76. The first-order valence-corrected chi connectivity index (χ1v) is 11.9. The van der Waals surface area contributed by atoms with Gasteiger partial charge in [-0.05, 0) is 74.3 Å². The van der Waals surface area contributed by atoms with Crippen molar-refractivity contribution in [1.29, 1.82) is 0 Å². The fourth-order valence-electron chi connectivity index (χ4n) is 3.60. The standard InChI is InChI=1S/C27H33N3O6/c1-34-26-20-8-11-22(27(26)35-2)36-23-18-19(6-10-21(23)31)7-12-24(32)30-17-5-15-28-14-3-4-16-29-25(33)13-9-20/h6-13,18,28,31H,3-5,14-17H2,1-2H3,(H,29,33)(H,30,32)/b12-7-,13-9?. The van der Waals surface area contributed by atoms with Gasteiger partial charge in [-0.15, -0.1) is 0 Å². The highest BCUT2D eigenvalue weighted by atomic mass is 16.5. The van der Waals surface area contributed by atoms with E-state index in [0.29, 0.717) is 41.5 Å². The second kappa shape index (κ2) is 13.8. The lowest BCUT2D eigenvalue weighted by Gasteiger charge is -2.16. The SMILES string of the molecule is COc1c2ccc(c1OC)Oc1cc(ccc1O)/C=C\C(=O)NCCCNCCCCNC(=O)C=C2. The highest BCUT2D eigenvalue weighted by molar-refractivity contribution is 5.92. The summed E-state index contributed by atoms with van der Waals surface area (Å²) < 4.78 is 17.0. The number of hydrogen-bond donors (Lipinski definition) is 4. The maximum atomic E-state index is 12.2. The van der Waals surface area contributed by atoms with Gasteiger partial charge in [-0.25, -0.2) is 0 Å². The Hall–Kier alpha value is -3.98. The van der Waals surface area contributed by atoms with Crippen LogP contribution < -0.4 is 30.2 Å². The van der Waals surface area contributed by atoms with Gasteiger partial charge in [0.1, 0.15) is 0 Å². The Morgan fingerprint density at radius 1 is 0.750 bits per heavy atom. The molecule has 0 aliphatic carbocycles. The van der Waals surface area contributed by atoms with Crippen LogP contribution in [0.4, 0.5) is 0 Å². The number of carbonyl (C=O) groups excluding carboxylic acids is 2. The summed E-state index contributed by atoms with van der Waals surface area (Å²) in [5.41, 5.74) is 1.30. The van der Waals surface area contributed by atoms with E-state index in [1.54, 1.807) is 36.4 Å². The van der Waals surface area contributed by atoms with E-state index in [2.05, 4.69) is 16.0 Å². The van der Waals surface area contributed by atoms with Crippen LogP contribution >= 0.6 is 0 Å². The average Bonchev–Trinajstić information content (AvgIpc) is 2.88. The van der Waals surface area contributed by atoms with Gasteiger partial charge in [-0.1, -0.05) is 6.07 Å². The highest BCUT2D eigenvalue weighted by Gasteiger charge is 2.17. The first kappa shape index (κ1) is 26.6. The molecule has 2 aromatic rings. The van der Waals surface area contributed by atoms with E-state index in [9.17, 15) is 14.7 Å². The Morgan fingerprint density at radius 3 is 2.17 bits per heavy atom. The van der Waals surface area contributed by atoms with Crippen molar-refractivity contribution in [2.24, 2.45) is 0 Å². The molecule has 0 fully saturated rings. The molecule has 2 amide bonds. The number of fused-ring (bicyclic) bond motifs is 15. The van der Waals surface area contributed by atoms with Gasteiger partial charge in [0.05, 0.1) is 14.2 Å². The minimum atomic E-state index is -0.204. The number of carbonyl (C=O) groups is 2. The van der Waals surface area contributed by atoms with Crippen LogP contribution in [0.2, 0.25) is 0 Å². The lowest BCUT2D eigenvalue weighted by molar-refractivity contribution is -0.117. The van der Waals surface area contributed by atoms with Gasteiger partial charge in [0.2, 0.25) is 17.6 Å². The Bertz CT molecular complexity index is 1110. The van der Waals surface area contributed by atoms with Crippen molar-refractivity contribution in [2.45, 2.75) is 19.3 Å². The lowest BCUT2D eigenvalue weighted by Crippen LogP contribution is -2.27. The normalized spacial score (nSPS) is 16.7. The molecule has 0 atom stereocenters. The third-order valence-electron chi connectivity index (χ3n) is 5.47. The van der Waals surface area contributed by atoms with Crippen molar-refractivity contribution in [1.82, 2.24) is 16.0 Å². The molecule has 2 heterocycles. The average molecular weight is 496 g/mol. The number of methoxy groups -OCH3 is 2. The molecule has 9 nitrogen and oxygen atoms in total. The molecule has 192 valence electrons. The van der Waals surface area contributed by atoms with Crippen molar-refractivity contribution in [3.63, 3.8) is 0 Å². The van der Waals surface area contributed by atoms with E-state index in [0.717, 1.165) is 32.4 Å². The van der Waals surface area contributed by atoms with Gasteiger partial charge < -0.3 is 35.3 Å². The number of amides is 2. The van der Waals surface area contributed by atoms with E-state index >= 15 is 0 Å². The second-order valence-electron chi connectivity index (χ2n) is 8.11. The molecule has 0 spiro atoms. The van der Waals surface area contributed by atoms with E-state index in [1.165, 1.54) is 32.4 Å².